The summed E-state index contributed by atoms with van der Waals surface area (Å²) in [4.78, 5) is 12.5. The van der Waals surface area contributed by atoms with Gasteiger partial charge in [-0.05, 0) is 48.0 Å². The number of furan rings is 1. The Kier molecular flexibility index (Phi) is 7.10. The molecule has 0 aliphatic carbocycles. The molecule has 164 valence electrons. The molecule has 0 fully saturated rings. The lowest BCUT2D eigenvalue weighted by molar-refractivity contribution is 0.0992. The molecule has 1 amide bonds. The number of amides is 1. The Morgan fingerprint density at radius 3 is 2.69 bits per heavy atom. The summed E-state index contributed by atoms with van der Waals surface area (Å²) in [5, 5.41) is 8.45. The Morgan fingerprint density at radius 1 is 1.06 bits per heavy atom. The molecule has 0 aliphatic heterocycles. The van der Waals surface area contributed by atoms with Crippen LogP contribution >= 0.6 is 50.7 Å². The topological polar surface area (TPSA) is 69.3 Å². The van der Waals surface area contributed by atoms with Gasteiger partial charge < -0.3 is 14.5 Å². The summed E-state index contributed by atoms with van der Waals surface area (Å²) < 4.78 is 13.8. The number of rotatable bonds is 7. The van der Waals surface area contributed by atoms with Gasteiger partial charge in [0.2, 0.25) is 0 Å². The summed E-state index contributed by atoms with van der Waals surface area (Å²) in [5.74, 6) is 0.769. The summed E-state index contributed by atoms with van der Waals surface area (Å²) in [7, 11) is 0. The Labute approximate surface area is 207 Å². The molecule has 1 N–H and O–H groups in total. The number of nitrogens with zero attached hydrogens (tertiary/aromatic N) is 2. The van der Waals surface area contributed by atoms with E-state index in [1.54, 1.807) is 53.5 Å². The highest BCUT2D eigenvalue weighted by atomic mass is 79.9. The predicted octanol–water partition coefficient (Wildman–Crippen LogP) is 7.08. The van der Waals surface area contributed by atoms with Crippen molar-refractivity contribution >= 4 is 62.3 Å². The molecule has 4 aromatic rings. The number of hydrogen-bond acceptors (Lipinski definition) is 4. The maximum atomic E-state index is 12.5. The van der Waals surface area contributed by atoms with Gasteiger partial charge in [0.15, 0.2) is 5.76 Å². The average molecular weight is 556 g/mol. The van der Waals surface area contributed by atoms with Crippen molar-refractivity contribution in [3.8, 4) is 5.75 Å². The van der Waals surface area contributed by atoms with Gasteiger partial charge in [0.05, 0.1) is 33.5 Å². The van der Waals surface area contributed by atoms with Crippen molar-refractivity contribution in [2.75, 3.05) is 5.32 Å². The van der Waals surface area contributed by atoms with Crippen LogP contribution in [0.3, 0.4) is 0 Å². The second-order valence-corrected chi connectivity index (χ2v) is 8.90. The first-order valence-corrected chi connectivity index (χ1v) is 11.2. The molecule has 4 rings (SSSR count). The van der Waals surface area contributed by atoms with Gasteiger partial charge in [0.1, 0.15) is 18.1 Å². The molecule has 0 unspecified atom stereocenters. The Balaban J connectivity index is 1.34. The number of ether oxygens (including phenoxy) is 1. The van der Waals surface area contributed by atoms with Gasteiger partial charge in [0.25, 0.3) is 5.91 Å². The summed E-state index contributed by atoms with van der Waals surface area (Å²) in [6.07, 6.45) is 3.26. The standard InChI is InChI=1S/C22H15BrCl3N3O3/c23-14-2-5-20(19(26)8-14)31-12-16-3-6-21(32-16)22(30)28-15-9-27-29(11-15)10-13-1-4-17(24)18(25)7-13/h1-9,11H,10,12H2,(H,28,30). The molecular weight excluding hydrogens is 541 g/mol. The first-order chi connectivity index (χ1) is 15.4. The van der Waals surface area contributed by atoms with Crippen LogP contribution in [0.5, 0.6) is 5.75 Å². The zero-order valence-corrected chi connectivity index (χ0v) is 20.2. The number of halogens is 4. The second kappa shape index (κ2) is 10.0. The van der Waals surface area contributed by atoms with Crippen molar-refractivity contribution in [3.05, 3.63) is 97.5 Å². The van der Waals surface area contributed by atoms with Crippen molar-refractivity contribution in [2.24, 2.45) is 0 Å². The quantitative estimate of drug-likeness (QED) is 0.265. The van der Waals surface area contributed by atoms with Crippen LogP contribution in [0.2, 0.25) is 15.1 Å². The molecule has 0 saturated heterocycles. The third-order valence-electron chi connectivity index (χ3n) is 4.37. The molecule has 10 heteroatoms. The van der Waals surface area contributed by atoms with Crippen LogP contribution in [-0.4, -0.2) is 15.7 Å². The molecule has 0 saturated carbocycles. The Morgan fingerprint density at radius 2 is 1.91 bits per heavy atom. The highest BCUT2D eigenvalue weighted by molar-refractivity contribution is 9.10. The second-order valence-electron chi connectivity index (χ2n) is 6.76. The fraction of sp³-hybridized carbons (Fsp3) is 0.0909. The molecule has 0 aliphatic rings. The molecule has 32 heavy (non-hydrogen) atoms. The minimum atomic E-state index is -0.396. The van der Waals surface area contributed by atoms with Gasteiger partial charge in [-0.15, -0.1) is 0 Å². The molecular formula is C22H15BrCl3N3O3. The molecule has 0 bridgehead atoms. The fourth-order valence-corrected chi connectivity index (χ4v) is 3.90. The minimum absolute atomic E-state index is 0.135. The average Bonchev–Trinajstić information content (AvgIpc) is 3.40. The monoisotopic (exact) mass is 553 g/mol. The molecule has 0 atom stereocenters. The third-order valence-corrected chi connectivity index (χ3v) is 5.90. The van der Waals surface area contributed by atoms with Gasteiger partial charge in [-0.2, -0.15) is 5.10 Å². The lowest BCUT2D eigenvalue weighted by Gasteiger charge is -2.06. The number of aromatic nitrogens is 2. The van der Waals surface area contributed by atoms with E-state index < -0.39 is 5.91 Å². The van der Waals surface area contributed by atoms with Crippen LogP contribution in [0.25, 0.3) is 0 Å². The maximum absolute atomic E-state index is 12.5. The van der Waals surface area contributed by atoms with Crippen molar-refractivity contribution in [1.29, 1.82) is 0 Å². The molecule has 0 radical (unpaired) electrons. The number of hydrogen-bond donors (Lipinski definition) is 1. The van der Waals surface area contributed by atoms with Crippen LogP contribution < -0.4 is 10.1 Å². The third kappa shape index (κ3) is 5.66. The van der Waals surface area contributed by atoms with Gasteiger partial charge in [-0.3, -0.25) is 9.48 Å². The molecule has 0 spiro atoms. The van der Waals surface area contributed by atoms with Crippen LogP contribution in [-0.2, 0) is 13.2 Å². The first-order valence-electron chi connectivity index (χ1n) is 9.31. The van der Waals surface area contributed by atoms with Gasteiger partial charge >= 0.3 is 0 Å². The largest absolute Gasteiger partial charge is 0.484 e. The van der Waals surface area contributed by atoms with E-state index in [1.807, 2.05) is 12.1 Å². The lowest BCUT2D eigenvalue weighted by Crippen LogP contribution is -2.10. The van der Waals surface area contributed by atoms with Crippen molar-refractivity contribution in [3.63, 3.8) is 0 Å². The fourth-order valence-electron chi connectivity index (χ4n) is 2.85. The van der Waals surface area contributed by atoms with Gasteiger partial charge in [-0.1, -0.05) is 56.8 Å². The van der Waals surface area contributed by atoms with Crippen molar-refractivity contribution < 1.29 is 13.9 Å². The van der Waals surface area contributed by atoms with Crippen molar-refractivity contribution in [2.45, 2.75) is 13.2 Å². The number of nitrogens with one attached hydrogen (secondary N) is 1. The highest BCUT2D eigenvalue weighted by Gasteiger charge is 2.14. The Hall–Kier alpha value is -2.45. The summed E-state index contributed by atoms with van der Waals surface area (Å²) in [6.45, 7) is 0.615. The molecule has 2 aromatic carbocycles. The molecule has 2 heterocycles. The first kappa shape index (κ1) is 22.7. The Bertz CT molecular complexity index is 1270. The van der Waals surface area contributed by atoms with E-state index in [1.165, 1.54) is 0 Å². The lowest BCUT2D eigenvalue weighted by atomic mass is 10.2. The van der Waals surface area contributed by atoms with Crippen LogP contribution in [0.15, 0.2) is 69.8 Å². The number of carbonyl (C=O) groups is 1. The van der Waals surface area contributed by atoms with Crippen molar-refractivity contribution in [1.82, 2.24) is 9.78 Å². The number of carbonyl (C=O) groups excluding carboxylic acids is 1. The summed E-state index contributed by atoms with van der Waals surface area (Å²) in [6, 6.07) is 13.9. The normalized spacial score (nSPS) is 10.9. The van der Waals surface area contributed by atoms with E-state index in [-0.39, 0.29) is 12.4 Å². The van der Waals surface area contributed by atoms with Crippen LogP contribution in [0.4, 0.5) is 5.69 Å². The van der Waals surface area contributed by atoms with Gasteiger partial charge in [-0.25, -0.2) is 0 Å². The van der Waals surface area contributed by atoms with Crippen LogP contribution in [0, 0.1) is 0 Å². The zero-order chi connectivity index (χ0) is 22.7. The smallest absolute Gasteiger partial charge is 0.291 e. The number of anilines is 1. The maximum Gasteiger partial charge on any atom is 0.291 e. The summed E-state index contributed by atoms with van der Waals surface area (Å²) in [5.41, 5.74) is 1.47. The van der Waals surface area contributed by atoms with E-state index in [2.05, 4.69) is 26.3 Å². The zero-order valence-electron chi connectivity index (χ0n) is 16.3. The highest BCUT2D eigenvalue weighted by Crippen LogP contribution is 2.28. The minimum Gasteiger partial charge on any atom is -0.484 e. The van der Waals surface area contributed by atoms with E-state index in [0.29, 0.717) is 38.8 Å². The summed E-state index contributed by atoms with van der Waals surface area (Å²) >= 11 is 21.5. The van der Waals surface area contributed by atoms with E-state index in [9.17, 15) is 4.79 Å². The van der Waals surface area contributed by atoms with E-state index in [4.69, 9.17) is 44.0 Å². The molecule has 2 aromatic heterocycles. The van der Waals surface area contributed by atoms with Crippen LogP contribution in [0.1, 0.15) is 21.9 Å². The van der Waals surface area contributed by atoms with E-state index >= 15 is 0 Å². The SMILES string of the molecule is O=C(Nc1cnn(Cc2ccc(Cl)c(Cl)c2)c1)c1ccc(COc2ccc(Br)cc2Cl)o1. The van der Waals surface area contributed by atoms with Gasteiger partial charge in [0, 0.05) is 10.7 Å². The van der Waals surface area contributed by atoms with E-state index in [0.717, 1.165) is 10.0 Å². The number of benzene rings is 2. The predicted molar refractivity (Wildman–Crippen MR) is 128 cm³/mol. The molecule has 6 nitrogen and oxygen atoms in total.